The zero-order valence-corrected chi connectivity index (χ0v) is 19.4. The third-order valence-corrected chi connectivity index (χ3v) is 8.66. The lowest BCUT2D eigenvalue weighted by atomic mass is 10.1. The van der Waals surface area contributed by atoms with E-state index in [1.165, 1.54) is 18.2 Å². The van der Waals surface area contributed by atoms with Gasteiger partial charge in [-0.2, -0.15) is 13.5 Å². The molecule has 4 aromatic carbocycles. The number of anilines is 2. The zero-order valence-electron chi connectivity index (χ0n) is 17.7. The SMILES string of the molecule is CN1c2ccccc2P(=O)(O)c2cc(N=Nc3cc(S(=O)(=O)O)c4ccccc4c3O)ccc21. The van der Waals surface area contributed by atoms with Crippen molar-refractivity contribution in [3.63, 3.8) is 0 Å². The van der Waals surface area contributed by atoms with Crippen LogP contribution >= 0.6 is 7.37 Å². The van der Waals surface area contributed by atoms with Crippen LogP contribution in [-0.2, 0) is 14.7 Å². The Bertz CT molecular complexity index is 1670. The molecule has 34 heavy (non-hydrogen) atoms. The molecule has 0 fully saturated rings. The molecule has 0 aromatic heterocycles. The summed E-state index contributed by atoms with van der Waals surface area (Å²) in [5.41, 5.74) is 1.22. The van der Waals surface area contributed by atoms with Crippen molar-refractivity contribution in [3.8, 4) is 5.75 Å². The summed E-state index contributed by atoms with van der Waals surface area (Å²) in [5.74, 6) is -0.314. The predicted octanol–water partition coefficient (Wildman–Crippen LogP) is 4.51. The van der Waals surface area contributed by atoms with Crippen molar-refractivity contribution >= 4 is 61.6 Å². The number of hydrogen-bond acceptors (Lipinski definition) is 7. The van der Waals surface area contributed by atoms with Gasteiger partial charge in [-0.3, -0.25) is 9.12 Å². The topological polar surface area (TPSA) is 140 Å². The van der Waals surface area contributed by atoms with Gasteiger partial charge in [0.1, 0.15) is 10.6 Å². The molecule has 172 valence electrons. The molecule has 1 aliphatic rings. The summed E-state index contributed by atoms with van der Waals surface area (Å²) < 4.78 is 46.7. The average Bonchev–Trinajstić information content (AvgIpc) is 2.82. The van der Waals surface area contributed by atoms with Gasteiger partial charge in [-0.1, -0.05) is 36.4 Å². The van der Waals surface area contributed by atoms with E-state index >= 15 is 0 Å². The van der Waals surface area contributed by atoms with Crippen LogP contribution in [0.15, 0.2) is 87.9 Å². The fourth-order valence-corrected chi connectivity index (χ4v) is 6.72. The first-order chi connectivity index (χ1) is 16.1. The summed E-state index contributed by atoms with van der Waals surface area (Å²) in [7, 11) is -6.71. The Morgan fingerprint density at radius 1 is 0.853 bits per heavy atom. The number of azo groups is 1. The fourth-order valence-electron chi connectivity index (χ4n) is 4.08. The molecule has 0 aliphatic carbocycles. The van der Waals surface area contributed by atoms with E-state index in [2.05, 4.69) is 10.2 Å². The lowest BCUT2D eigenvalue weighted by Gasteiger charge is -2.32. The van der Waals surface area contributed by atoms with E-state index in [0.717, 1.165) is 6.07 Å². The van der Waals surface area contributed by atoms with Crippen molar-refractivity contribution < 1.29 is 27.5 Å². The van der Waals surface area contributed by atoms with E-state index in [4.69, 9.17) is 0 Å². The molecule has 1 heterocycles. The van der Waals surface area contributed by atoms with Gasteiger partial charge in [0.15, 0.2) is 5.75 Å². The van der Waals surface area contributed by atoms with E-state index in [1.54, 1.807) is 55.6 Å². The third-order valence-electron chi connectivity index (χ3n) is 5.73. The highest BCUT2D eigenvalue weighted by atomic mass is 32.2. The van der Waals surface area contributed by atoms with Crippen LogP contribution in [0.5, 0.6) is 5.75 Å². The molecule has 9 nitrogen and oxygen atoms in total. The Hall–Kier alpha value is -3.56. The number of rotatable bonds is 3. The summed E-state index contributed by atoms with van der Waals surface area (Å²) in [6, 6.07) is 18.7. The highest BCUT2D eigenvalue weighted by molar-refractivity contribution is 7.86. The van der Waals surface area contributed by atoms with Crippen molar-refractivity contribution in [1.82, 2.24) is 0 Å². The molecule has 0 spiro atoms. The second-order valence-corrected chi connectivity index (χ2v) is 11.3. The van der Waals surface area contributed by atoms with Crippen molar-refractivity contribution in [2.45, 2.75) is 4.90 Å². The summed E-state index contributed by atoms with van der Waals surface area (Å²) in [6.07, 6.45) is 0. The van der Waals surface area contributed by atoms with Gasteiger partial charge in [-0.25, -0.2) is 0 Å². The van der Waals surface area contributed by atoms with Gasteiger partial charge in [-0.15, -0.1) is 5.11 Å². The van der Waals surface area contributed by atoms with Crippen molar-refractivity contribution in [2.75, 3.05) is 11.9 Å². The number of fused-ring (bicyclic) bond motifs is 3. The Morgan fingerprint density at radius 2 is 1.50 bits per heavy atom. The van der Waals surface area contributed by atoms with E-state index < -0.39 is 22.4 Å². The number of benzene rings is 4. The molecule has 1 unspecified atom stereocenters. The normalized spacial score (nSPS) is 17.7. The van der Waals surface area contributed by atoms with E-state index in [1.807, 2.05) is 4.90 Å². The average molecular weight is 495 g/mol. The number of phenolic OH excluding ortho intramolecular Hbond substituents is 1. The van der Waals surface area contributed by atoms with Crippen LogP contribution in [0.2, 0.25) is 0 Å². The van der Waals surface area contributed by atoms with Crippen LogP contribution in [0, 0.1) is 0 Å². The maximum Gasteiger partial charge on any atom is 0.295 e. The quantitative estimate of drug-likeness (QED) is 0.216. The Labute approximate surface area is 194 Å². The van der Waals surface area contributed by atoms with Gasteiger partial charge in [0, 0.05) is 17.8 Å². The van der Waals surface area contributed by atoms with Crippen LogP contribution in [0.3, 0.4) is 0 Å². The summed E-state index contributed by atoms with van der Waals surface area (Å²) in [6.45, 7) is 0. The van der Waals surface area contributed by atoms with Gasteiger partial charge < -0.3 is 14.9 Å². The molecule has 0 bridgehead atoms. The summed E-state index contributed by atoms with van der Waals surface area (Å²) in [4.78, 5) is 12.3. The molecule has 0 saturated carbocycles. The zero-order chi connectivity index (χ0) is 24.3. The van der Waals surface area contributed by atoms with Crippen LogP contribution in [0.1, 0.15) is 0 Å². The molecule has 1 aliphatic heterocycles. The molecule has 11 heteroatoms. The standard InChI is InChI=1S/C23H18N3O6PS/c1-26-18-8-4-5-9-20(18)33(28,29)21-12-14(10-11-19(21)26)24-25-17-13-22(34(30,31)32)15-6-2-3-7-16(15)23(17)27/h2-13,27H,1H3,(H,28,29)(H,30,31,32). The van der Waals surface area contributed by atoms with Crippen LogP contribution < -0.4 is 15.5 Å². The fraction of sp³-hybridized carbons (Fsp3) is 0.0435. The Balaban J connectivity index is 1.62. The van der Waals surface area contributed by atoms with Gasteiger partial charge in [-0.05, 0) is 36.4 Å². The maximum absolute atomic E-state index is 13.3. The minimum Gasteiger partial charge on any atom is -0.505 e. The van der Waals surface area contributed by atoms with Crippen molar-refractivity contribution in [2.24, 2.45) is 10.2 Å². The predicted molar refractivity (Wildman–Crippen MR) is 130 cm³/mol. The number of phenols is 1. The smallest absolute Gasteiger partial charge is 0.295 e. The van der Waals surface area contributed by atoms with Crippen LogP contribution in [-0.4, -0.2) is 30.0 Å². The summed E-state index contributed by atoms with van der Waals surface area (Å²) >= 11 is 0. The van der Waals surface area contributed by atoms with Crippen LogP contribution in [0.25, 0.3) is 10.8 Å². The molecule has 4 aromatic rings. The van der Waals surface area contributed by atoms with Gasteiger partial charge in [0.05, 0.1) is 27.7 Å². The first-order valence-electron chi connectivity index (χ1n) is 10.0. The van der Waals surface area contributed by atoms with Crippen molar-refractivity contribution in [3.05, 3.63) is 72.8 Å². The molecular weight excluding hydrogens is 477 g/mol. The third kappa shape index (κ3) is 3.48. The van der Waals surface area contributed by atoms with E-state index in [0.29, 0.717) is 16.7 Å². The number of nitrogens with zero attached hydrogens (tertiary/aromatic N) is 3. The van der Waals surface area contributed by atoms with Crippen molar-refractivity contribution in [1.29, 1.82) is 0 Å². The number of aromatic hydroxyl groups is 1. The lowest BCUT2D eigenvalue weighted by Crippen LogP contribution is -2.32. The summed E-state index contributed by atoms with van der Waals surface area (Å²) in [5, 5.41) is 19.5. The molecule has 0 radical (unpaired) electrons. The molecular formula is C23H18N3O6PS. The lowest BCUT2D eigenvalue weighted by molar-refractivity contribution is 0.479. The largest absolute Gasteiger partial charge is 0.505 e. The molecule has 3 N–H and O–H groups in total. The second kappa shape index (κ2) is 7.75. The maximum atomic E-state index is 13.3. The van der Waals surface area contributed by atoms with Gasteiger partial charge >= 0.3 is 0 Å². The first kappa shape index (κ1) is 22.2. The monoisotopic (exact) mass is 495 g/mol. The number of hydrogen-bond donors (Lipinski definition) is 3. The van der Waals surface area contributed by atoms with Crippen LogP contribution in [0.4, 0.5) is 22.7 Å². The van der Waals surface area contributed by atoms with Gasteiger partial charge in [0.2, 0.25) is 0 Å². The highest BCUT2D eigenvalue weighted by Crippen LogP contribution is 2.49. The minimum atomic E-state index is -4.60. The first-order valence-corrected chi connectivity index (χ1v) is 13.1. The molecule has 5 rings (SSSR count). The van der Waals surface area contributed by atoms with E-state index in [9.17, 15) is 27.5 Å². The second-order valence-electron chi connectivity index (χ2n) is 7.76. The highest BCUT2D eigenvalue weighted by Gasteiger charge is 2.36. The molecule has 0 amide bonds. The molecule has 1 atom stereocenters. The minimum absolute atomic E-state index is 0.137. The number of para-hydroxylation sites is 1. The molecule has 0 saturated heterocycles. The van der Waals surface area contributed by atoms with E-state index in [-0.39, 0.29) is 33.2 Å². The van der Waals surface area contributed by atoms with Gasteiger partial charge in [0.25, 0.3) is 17.5 Å². The Morgan fingerprint density at radius 3 is 2.24 bits per heavy atom. The Kier molecular flexibility index (Phi) is 5.07.